The van der Waals surface area contributed by atoms with Crippen LogP contribution in [0.15, 0.2) is 35.0 Å². The lowest BCUT2D eigenvalue weighted by atomic mass is 10.1. The maximum atomic E-state index is 13.8. The van der Waals surface area contributed by atoms with Crippen LogP contribution in [-0.4, -0.2) is 20.1 Å². The van der Waals surface area contributed by atoms with Crippen LogP contribution in [0.5, 0.6) is 0 Å². The molecule has 20 heavy (non-hydrogen) atoms. The topological polar surface area (TPSA) is 90.7 Å². The molecule has 0 amide bonds. The normalized spacial score (nSPS) is 10.7. The van der Waals surface area contributed by atoms with Gasteiger partial charge >= 0.3 is 0 Å². The molecule has 6 nitrogen and oxygen atoms in total. The minimum absolute atomic E-state index is 0.0202. The number of nitrogen functional groups attached to an aromatic ring is 1. The van der Waals surface area contributed by atoms with E-state index >= 15 is 0 Å². The molecule has 0 bridgehead atoms. The van der Waals surface area contributed by atoms with Crippen LogP contribution in [0.3, 0.4) is 0 Å². The highest BCUT2D eigenvalue weighted by molar-refractivity contribution is 5.71. The van der Waals surface area contributed by atoms with E-state index in [2.05, 4.69) is 20.1 Å². The van der Waals surface area contributed by atoms with Crippen LogP contribution in [0.2, 0.25) is 0 Å². The zero-order valence-corrected chi connectivity index (χ0v) is 10.5. The molecular weight excluding hydrogens is 261 g/mol. The lowest BCUT2D eigenvalue weighted by Crippen LogP contribution is -1.94. The van der Waals surface area contributed by atoms with Crippen molar-refractivity contribution < 1.29 is 8.91 Å². The molecule has 1 aromatic carbocycles. The maximum absolute atomic E-state index is 13.8. The van der Waals surface area contributed by atoms with E-state index in [1.165, 1.54) is 12.1 Å². The van der Waals surface area contributed by atoms with Gasteiger partial charge in [0.1, 0.15) is 17.3 Å². The smallest absolute Gasteiger partial charge is 0.263 e. The Kier molecular flexibility index (Phi) is 2.86. The number of aromatic nitrogens is 4. The van der Waals surface area contributed by atoms with Crippen LogP contribution in [0, 0.1) is 12.7 Å². The second-order valence-corrected chi connectivity index (χ2v) is 4.12. The average Bonchev–Trinajstić information content (AvgIpc) is 2.88. The number of nitrogens with zero attached hydrogens (tertiary/aromatic N) is 4. The minimum atomic E-state index is -0.515. The molecule has 0 saturated heterocycles. The summed E-state index contributed by atoms with van der Waals surface area (Å²) in [5, 5.41) is 3.79. The number of hydrogen-bond donors (Lipinski definition) is 1. The SMILES string of the molecule is Cc1nccc(-c2noc(-c3c(N)cccc3F)n2)n1. The second kappa shape index (κ2) is 4.69. The molecular formula is C13H10FN5O. The molecule has 0 unspecified atom stereocenters. The molecule has 2 heterocycles. The lowest BCUT2D eigenvalue weighted by molar-refractivity contribution is 0.429. The van der Waals surface area contributed by atoms with Crippen molar-refractivity contribution in [1.82, 2.24) is 20.1 Å². The third-order valence-corrected chi connectivity index (χ3v) is 2.69. The fourth-order valence-electron chi connectivity index (χ4n) is 1.78. The molecule has 2 aromatic heterocycles. The van der Waals surface area contributed by atoms with Gasteiger partial charge in [0.25, 0.3) is 5.89 Å². The summed E-state index contributed by atoms with van der Waals surface area (Å²) in [4.78, 5) is 12.3. The molecule has 0 atom stereocenters. The van der Waals surface area contributed by atoms with Gasteiger partial charge < -0.3 is 10.3 Å². The van der Waals surface area contributed by atoms with Gasteiger partial charge in [0.15, 0.2) is 0 Å². The Labute approximate surface area is 113 Å². The highest BCUT2D eigenvalue weighted by atomic mass is 19.1. The number of halogens is 1. The summed E-state index contributed by atoms with van der Waals surface area (Å²) in [7, 11) is 0. The first-order valence-electron chi connectivity index (χ1n) is 5.83. The quantitative estimate of drug-likeness (QED) is 0.719. The van der Waals surface area contributed by atoms with E-state index < -0.39 is 5.82 Å². The second-order valence-electron chi connectivity index (χ2n) is 4.12. The predicted octanol–water partition coefficient (Wildman–Crippen LogP) is 2.22. The third-order valence-electron chi connectivity index (χ3n) is 2.69. The van der Waals surface area contributed by atoms with Crippen LogP contribution in [0.4, 0.5) is 10.1 Å². The molecule has 3 rings (SSSR count). The molecule has 7 heteroatoms. The number of nitrogens with two attached hydrogens (primary N) is 1. The van der Waals surface area contributed by atoms with E-state index in [9.17, 15) is 4.39 Å². The van der Waals surface area contributed by atoms with Crippen molar-refractivity contribution in [2.24, 2.45) is 0 Å². The number of benzene rings is 1. The lowest BCUT2D eigenvalue weighted by Gasteiger charge is -2.00. The van der Waals surface area contributed by atoms with Crippen molar-refractivity contribution in [3.8, 4) is 23.0 Å². The van der Waals surface area contributed by atoms with E-state index in [4.69, 9.17) is 10.3 Å². The maximum Gasteiger partial charge on any atom is 0.263 e. The van der Waals surface area contributed by atoms with E-state index in [1.54, 1.807) is 25.3 Å². The summed E-state index contributed by atoms with van der Waals surface area (Å²) >= 11 is 0. The summed E-state index contributed by atoms with van der Waals surface area (Å²) in [6, 6.07) is 6.01. The zero-order valence-electron chi connectivity index (χ0n) is 10.5. The fraction of sp³-hybridized carbons (Fsp3) is 0.0769. The molecule has 2 N–H and O–H groups in total. The predicted molar refractivity (Wildman–Crippen MR) is 69.9 cm³/mol. The van der Waals surface area contributed by atoms with Crippen molar-refractivity contribution in [3.63, 3.8) is 0 Å². The number of rotatable bonds is 2. The van der Waals surface area contributed by atoms with E-state index in [1.807, 2.05) is 0 Å². The van der Waals surface area contributed by atoms with Crippen molar-refractivity contribution >= 4 is 5.69 Å². The first-order chi connectivity index (χ1) is 9.65. The van der Waals surface area contributed by atoms with Crippen molar-refractivity contribution in [1.29, 1.82) is 0 Å². The number of hydrogen-bond acceptors (Lipinski definition) is 6. The summed E-state index contributed by atoms with van der Waals surface area (Å²) < 4.78 is 18.8. The van der Waals surface area contributed by atoms with Crippen LogP contribution < -0.4 is 5.73 Å². The van der Waals surface area contributed by atoms with Gasteiger partial charge in [-0.2, -0.15) is 4.98 Å². The molecule has 0 spiro atoms. The molecule has 0 aliphatic heterocycles. The average molecular weight is 271 g/mol. The van der Waals surface area contributed by atoms with Crippen molar-refractivity contribution in [2.45, 2.75) is 6.92 Å². The monoisotopic (exact) mass is 271 g/mol. The van der Waals surface area contributed by atoms with Crippen LogP contribution in [0.25, 0.3) is 23.0 Å². The summed E-state index contributed by atoms with van der Waals surface area (Å²) in [5.41, 5.74) is 6.56. The Hall–Kier alpha value is -2.83. The van der Waals surface area contributed by atoms with Gasteiger partial charge in [0.2, 0.25) is 5.82 Å². The zero-order chi connectivity index (χ0) is 14.1. The largest absolute Gasteiger partial charge is 0.398 e. The summed E-state index contributed by atoms with van der Waals surface area (Å²) in [6.07, 6.45) is 1.59. The van der Waals surface area contributed by atoms with Crippen LogP contribution in [0.1, 0.15) is 5.82 Å². The Balaban J connectivity index is 2.07. The van der Waals surface area contributed by atoms with E-state index in [0.29, 0.717) is 11.5 Å². The molecule has 3 aromatic rings. The molecule has 0 fully saturated rings. The van der Waals surface area contributed by atoms with Gasteiger partial charge in [-0.25, -0.2) is 14.4 Å². The Morgan fingerprint density at radius 3 is 2.80 bits per heavy atom. The molecule has 0 aliphatic rings. The molecule has 100 valence electrons. The standard InChI is InChI=1S/C13H10FN5O/c1-7-16-6-5-10(17-7)12-18-13(20-19-12)11-8(14)3-2-4-9(11)15/h2-6H,15H2,1H3. The Bertz CT molecular complexity index is 751. The van der Waals surface area contributed by atoms with Crippen molar-refractivity contribution in [2.75, 3.05) is 5.73 Å². The summed E-state index contributed by atoms with van der Waals surface area (Å²) in [5.74, 6) is 0.346. The van der Waals surface area contributed by atoms with E-state index in [0.717, 1.165) is 0 Å². The molecule has 0 saturated carbocycles. The highest BCUT2D eigenvalue weighted by Gasteiger charge is 2.17. The third kappa shape index (κ3) is 2.09. The highest BCUT2D eigenvalue weighted by Crippen LogP contribution is 2.28. The molecule has 0 radical (unpaired) electrons. The number of aryl methyl sites for hydroxylation is 1. The first kappa shape index (κ1) is 12.2. The van der Waals surface area contributed by atoms with E-state index in [-0.39, 0.29) is 23.0 Å². The van der Waals surface area contributed by atoms with Gasteiger partial charge in [0.05, 0.1) is 5.56 Å². The fourth-order valence-corrected chi connectivity index (χ4v) is 1.78. The first-order valence-corrected chi connectivity index (χ1v) is 5.83. The van der Waals surface area contributed by atoms with Gasteiger partial charge in [0, 0.05) is 11.9 Å². The van der Waals surface area contributed by atoms with Crippen molar-refractivity contribution in [3.05, 3.63) is 42.1 Å². The minimum Gasteiger partial charge on any atom is -0.398 e. The molecule has 0 aliphatic carbocycles. The Morgan fingerprint density at radius 1 is 1.20 bits per heavy atom. The van der Waals surface area contributed by atoms with Crippen LogP contribution >= 0.6 is 0 Å². The Morgan fingerprint density at radius 2 is 2.05 bits per heavy atom. The van der Waals surface area contributed by atoms with Gasteiger partial charge in [-0.1, -0.05) is 11.2 Å². The van der Waals surface area contributed by atoms with Gasteiger partial charge in [-0.05, 0) is 25.1 Å². The summed E-state index contributed by atoms with van der Waals surface area (Å²) in [6.45, 7) is 1.75. The number of anilines is 1. The van der Waals surface area contributed by atoms with Gasteiger partial charge in [-0.15, -0.1) is 0 Å². The van der Waals surface area contributed by atoms with Gasteiger partial charge in [-0.3, -0.25) is 0 Å². The van der Waals surface area contributed by atoms with Crippen LogP contribution in [-0.2, 0) is 0 Å².